The zero-order valence-corrected chi connectivity index (χ0v) is 14.7. The minimum absolute atomic E-state index is 0.0535. The predicted octanol–water partition coefficient (Wildman–Crippen LogP) is 2.91. The number of rotatable bonds is 3. The zero-order chi connectivity index (χ0) is 17.1. The first-order chi connectivity index (χ1) is 11.6. The Balaban J connectivity index is 2.03. The van der Waals surface area contributed by atoms with Crippen LogP contribution in [0.4, 0.5) is 0 Å². The molecule has 0 aromatic heterocycles. The molecule has 0 bridgehead atoms. The van der Waals surface area contributed by atoms with Crippen LogP contribution in [-0.2, 0) is 19.7 Å². The molecule has 3 aliphatic carbocycles. The van der Waals surface area contributed by atoms with Crippen LogP contribution >= 0.6 is 11.8 Å². The van der Waals surface area contributed by atoms with E-state index in [1.165, 1.54) is 18.9 Å². The van der Waals surface area contributed by atoms with Crippen molar-refractivity contribution in [3.63, 3.8) is 0 Å². The lowest BCUT2D eigenvalue weighted by molar-refractivity contribution is -0.115. The van der Waals surface area contributed by atoms with Crippen LogP contribution in [0.3, 0.4) is 0 Å². The highest BCUT2D eigenvalue weighted by molar-refractivity contribution is 7.98. The maximum Gasteiger partial charge on any atom is 0.223 e. The zero-order valence-electron chi connectivity index (χ0n) is 13.8. The molecule has 2 atom stereocenters. The molecule has 24 heavy (non-hydrogen) atoms. The molecule has 1 saturated carbocycles. The monoisotopic (exact) mass is 342 g/mol. The van der Waals surface area contributed by atoms with Crippen LogP contribution < -0.4 is 5.43 Å². The highest BCUT2D eigenvalue weighted by Crippen LogP contribution is 2.67. The minimum atomic E-state index is -0.440. The summed E-state index contributed by atoms with van der Waals surface area (Å²) in [6.45, 7) is 0. The fourth-order valence-corrected chi connectivity index (χ4v) is 5.09. The van der Waals surface area contributed by atoms with E-state index >= 15 is 0 Å². The highest BCUT2D eigenvalue weighted by atomic mass is 32.2. The molecule has 0 amide bonds. The van der Waals surface area contributed by atoms with Gasteiger partial charge in [-0.15, -0.1) is 11.8 Å². The molecule has 1 fully saturated rings. The largest absolute Gasteiger partial charge is 0.496 e. The standard InChI is InChI=1S/C19H18O4S/c1-22-17-15(21)8-10-4-5-12-11-9-14(20)16(24-3)7-6-13(11)19(10,12)18(17)23-2/h6-9,12H,4-5H2,1-3H3/t12-,19+/m1/s1. The number of methoxy groups -OCH3 is 2. The highest BCUT2D eigenvalue weighted by Gasteiger charge is 2.63. The van der Waals surface area contributed by atoms with Crippen molar-refractivity contribution in [1.29, 1.82) is 0 Å². The number of hydrogen-bond acceptors (Lipinski definition) is 5. The van der Waals surface area contributed by atoms with Crippen LogP contribution in [0.5, 0.6) is 0 Å². The second-order valence-corrected chi connectivity index (χ2v) is 7.13. The first kappa shape index (κ1) is 15.5. The molecule has 4 rings (SSSR count). The van der Waals surface area contributed by atoms with Crippen molar-refractivity contribution in [2.45, 2.75) is 29.1 Å². The van der Waals surface area contributed by atoms with Crippen molar-refractivity contribution >= 4 is 17.5 Å². The topological polar surface area (TPSA) is 52.6 Å². The van der Waals surface area contributed by atoms with Gasteiger partial charge >= 0.3 is 0 Å². The normalized spacial score (nSPS) is 26.9. The lowest BCUT2D eigenvalue weighted by atomic mass is 9.54. The van der Waals surface area contributed by atoms with E-state index in [2.05, 4.69) is 0 Å². The average molecular weight is 342 g/mol. The number of thioether (sulfide) groups is 1. The Morgan fingerprint density at radius 3 is 2.67 bits per heavy atom. The number of carbonyl (C=O) groups is 1. The fraction of sp³-hybridized carbons (Fsp3) is 0.368. The number of allylic oxidation sites excluding steroid dienone is 2. The number of ether oxygens (including phenoxy) is 2. The second-order valence-electron chi connectivity index (χ2n) is 6.28. The third-order valence-corrected chi connectivity index (χ3v) is 6.27. The van der Waals surface area contributed by atoms with Crippen LogP contribution in [0.1, 0.15) is 29.9 Å². The Labute approximate surface area is 144 Å². The second kappa shape index (κ2) is 5.24. The molecule has 1 spiro atoms. The van der Waals surface area contributed by atoms with E-state index in [9.17, 15) is 9.59 Å². The molecule has 0 radical (unpaired) electrons. The SMILES string of the molecule is COC1=C(OC)[C@@]23C(=CC1=O)CC[C@@H]2c1cc(=O)c(SC)ccc13. The lowest BCUT2D eigenvalue weighted by Crippen LogP contribution is -2.46. The molecule has 0 saturated heterocycles. The molecular formula is C19H18O4S. The van der Waals surface area contributed by atoms with E-state index in [-0.39, 0.29) is 22.9 Å². The summed E-state index contributed by atoms with van der Waals surface area (Å²) in [4.78, 5) is 25.4. The summed E-state index contributed by atoms with van der Waals surface area (Å²) in [6, 6.07) is 5.65. The molecule has 4 nitrogen and oxygen atoms in total. The molecule has 0 unspecified atom stereocenters. The van der Waals surface area contributed by atoms with Gasteiger partial charge in [-0.25, -0.2) is 0 Å². The first-order valence-electron chi connectivity index (χ1n) is 7.90. The Morgan fingerprint density at radius 1 is 1.21 bits per heavy atom. The molecular weight excluding hydrogens is 324 g/mol. The number of ketones is 1. The molecule has 124 valence electrons. The van der Waals surface area contributed by atoms with Gasteiger partial charge in [-0.2, -0.15) is 0 Å². The summed E-state index contributed by atoms with van der Waals surface area (Å²) in [6.07, 6.45) is 5.35. The average Bonchev–Trinajstić information content (AvgIpc) is 2.81. The summed E-state index contributed by atoms with van der Waals surface area (Å²) >= 11 is 1.45. The lowest BCUT2D eigenvalue weighted by Gasteiger charge is -2.49. The van der Waals surface area contributed by atoms with Gasteiger partial charge in [-0.1, -0.05) is 6.07 Å². The quantitative estimate of drug-likeness (QED) is 0.791. The number of carbonyl (C=O) groups excluding carboxylic acids is 1. The van der Waals surface area contributed by atoms with Crippen molar-refractivity contribution in [3.05, 3.63) is 62.7 Å². The number of hydrogen-bond donors (Lipinski definition) is 0. The van der Waals surface area contributed by atoms with Crippen molar-refractivity contribution in [3.8, 4) is 0 Å². The van der Waals surface area contributed by atoms with Crippen molar-refractivity contribution in [2.75, 3.05) is 20.5 Å². The Morgan fingerprint density at radius 2 is 2.00 bits per heavy atom. The van der Waals surface area contributed by atoms with Crippen LogP contribution in [0.2, 0.25) is 0 Å². The summed E-state index contributed by atoms with van der Waals surface area (Å²) in [5.74, 6) is 0.894. The molecule has 0 heterocycles. The van der Waals surface area contributed by atoms with Gasteiger partial charge in [-0.05, 0) is 54.0 Å². The molecule has 1 aromatic carbocycles. The van der Waals surface area contributed by atoms with E-state index in [0.29, 0.717) is 5.76 Å². The first-order valence-corrected chi connectivity index (χ1v) is 9.12. The maximum absolute atomic E-state index is 12.4. The van der Waals surface area contributed by atoms with Crippen LogP contribution in [0.15, 0.2) is 51.1 Å². The Hall–Kier alpha value is -2.01. The van der Waals surface area contributed by atoms with Crippen LogP contribution in [-0.4, -0.2) is 26.3 Å². The maximum atomic E-state index is 12.4. The van der Waals surface area contributed by atoms with E-state index in [1.807, 2.05) is 18.4 Å². The molecule has 0 N–H and O–H groups in total. The van der Waals surface area contributed by atoms with Gasteiger partial charge in [0.05, 0.1) is 24.5 Å². The summed E-state index contributed by atoms with van der Waals surface area (Å²) in [5, 5.41) is 0. The summed E-state index contributed by atoms with van der Waals surface area (Å²) < 4.78 is 11.1. The smallest absolute Gasteiger partial charge is 0.223 e. The Bertz CT molecular complexity index is 883. The van der Waals surface area contributed by atoms with Gasteiger partial charge in [-0.3, -0.25) is 9.59 Å². The van der Waals surface area contributed by atoms with Gasteiger partial charge in [0.1, 0.15) is 0 Å². The Kier molecular flexibility index (Phi) is 3.39. The van der Waals surface area contributed by atoms with Crippen molar-refractivity contribution < 1.29 is 14.3 Å². The molecule has 0 aliphatic heterocycles. The molecule has 5 heteroatoms. The van der Waals surface area contributed by atoms with E-state index < -0.39 is 5.41 Å². The van der Waals surface area contributed by atoms with Crippen molar-refractivity contribution in [1.82, 2.24) is 0 Å². The van der Waals surface area contributed by atoms with Crippen LogP contribution in [0.25, 0.3) is 0 Å². The van der Waals surface area contributed by atoms with Gasteiger partial charge in [0.25, 0.3) is 0 Å². The predicted molar refractivity (Wildman–Crippen MR) is 92.3 cm³/mol. The third kappa shape index (κ3) is 1.66. The third-order valence-electron chi connectivity index (χ3n) is 5.50. The van der Waals surface area contributed by atoms with Gasteiger partial charge in [0, 0.05) is 5.92 Å². The van der Waals surface area contributed by atoms with Gasteiger partial charge in [0.15, 0.2) is 11.2 Å². The summed E-state index contributed by atoms with van der Waals surface area (Å²) in [5.41, 5.74) is 2.82. The fourth-order valence-electron chi connectivity index (χ4n) is 4.63. The van der Waals surface area contributed by atoms with E-state index in [4.69, 9.17) is 9.47 Å². The van der Waals surface area contributed by atoms with Gasteiger partial charge < -0.3 is 9.47 Å². The molecule has 3 aliphatic rings. The minimum Gasteiger partial charge on any atom is -0.496 e. The van der Waals surface area contributed by atoms with E-state index in [1.54, 1.807) is 19.3 Å². The summed E-state index contributed by atoms with van der Waals surface area (Å²) in [7, 11) is 3.08. The van der Waals surface area contributed by atoms with Crippen molar-refractivity contribution in [2.24, 2.45) is 0 Å². The number of fused-ring (bicyclic) bond motifs is 2. The van der Waals surface area contributed by atoms with Crippen LogP contribution in [0, 0.1) is 0 Å². The van der Waals surface area contributed by atoms with Gasteiger partial charge in [0.2, 0.25) is 11.5 Å². The van der Waals surface area contributed by atoms with E-state index in [0.717, 1.165) is 34.4 Å². The molecule has 1 aromatic rings.